The predicted octanol–water partition coefficient (Wildman–Crippen LogP) is 1.25. The fourth-order valence-electron chi connectivity index (χ4n) is 2.44. The van der Waals surface area contributed by atoms with Crippen LogP contribution in [0.2, 0.25) is 0 Å². The van der Waals surface area contributed by atoms with Crippen LogP contribution in [0.5, 0.6) is 0 Å². The average Bonchev–Trinajstić information content (AvgIpc) is 2.78. The molecule has 1 fully saturated rings. The molecule has 0 saturated carbocycles. The summed E-state index contributed by atoms with van der Waals surface area (Å²) in [5.74, 6) is 1.23. The van der Waals surface area contributed by atoms with Gasteiger partial charge in [0.2, 0.25) is 5.91 Å². The normalized spacial score (nSPS) is 18.6. The highest BCUT2D eigenvalue weighted by Crippen LogP contribution is 2.13. The molecule has 1 atom stereocenters. The maximum Gasteiger partial charge on any atom is 0.224 e. The first-order valence-corrected chi connectivity index (χ1v) is 7.23. The molecule has 1 unspecified atom stereocenters. The first-order chi connectivity index (χ1) is 9.60. The zero-order chi connectivity index (χ0) is 14.5. The lowest BCUT2D eigenvalue weighted by Gasteiger charge is -2.16. The van der Waals surface area contributed by atoms with E-state index in [1.807, 2.05) is 36.2 Å². The van der Waals surface area contributed by atoms with Crippen LogP contribution in [0.4, 0.5) is 5.82 Å². The van der Waals surface area contributed by atoms with E-state index in [1.54, 1.807) is 0 Å². The number of hydrogen-bond acceptors (Lipinski definition) is 4. The molecule has 1 aliphatic rings. The first kappa shape index (κ1) is 14.8. The SMILES string of the molecule is CCCN1CC(NCc2ccc(N(C)C)nc2)CC1=O. The van der Waals surface area contributed by atoms with Gasteiger partial charge >= 0.3 is 0 Å². The van der Waals surface area contributed by atoms with Gasteiger partial charge < -0.3 is 15.1 Å². The molecule has 110 valence electrons. The van der Waals surface area contributed by atoms with E-state index in [0.717, 1.165) is 37.4 Å². The third-order valence-electron chi connectivity index (χ3n) is 3.57. The van der Waals surface area contributed by atoms with Crippen molar-refractivity contribution < 1.29 is 4.79 Å². The van der Waals surface area contributed by atoms with E-state index >= 15 is 0 Å². The van der Waals surface area contributed by atoms with Gasteiger partial charge in [0.15, 0.2) is 0 Å². The van der Waals surface area contributed by atoms with Crippen molar-refractivity contribution in [2.24, 2.45) is 0 Å². The molecule has 1 N–H and O–H groups in total. The molecule has 1 aliphatic heterocycles. The fourth-order valence-corrected chi connectivity index (χ4v) is 2.44. The molecule has 2 heterocycles. The van der Waals surface area contributed by atoms with Crippen molar-refractivity contribution >= 4 is 11.7 Å². The highest BCUT2D eigenvalue weighted by molar-refractivity contribution is 5.79. The van der Waals surface area contributed by atoms with E-state index in [1.165, 1.54) is 0 Å². The van der Waals surface area contributed by atoms with Gasteiger partial charge in [0, 0.05) is 52.4 Å². The fraction of sp³-hybridized carbons (Fsp3) is 0.600. The number of hydrogen-bond donors (Lipinski definition) is 1. The minimum absolute atomic E-state index is 0.266. The molecule has 0 aliphatic carbocycles. The van der Waals surface area contributed by atoms with Crippen molar-refractivity contribution in [1.29, 1.82) is 0 Å². The van der Waals surface area contributed by atoms with E-state index in [0.29, 0.717) is 6.42 Å². The van der Waals surface area contributed by atoms with E-state index < -0.39 is 0 Å². The van der Waals surface area contributed by atoms with Gasteiger partial charge in [-0.25, -0.2) is 4.98 Å². The number of anilines is 1. The number of nitrogens with zero attached hydrogens (tertiary/aromatic N) is 3. The Bertz CT molecular complexity index is 444. The number of amides is 1. The largest absolute Gasteiger partial charge is 0.363 e. The van der Waals surface area contributed by atoms with Crippen molar-refractivity contribution in [2.45, 2.75) is 32.4 Å². The van der Waals surface area contributed by atoms with Crippen LogP contribution in [0, 0.1) is 0 Å². The third-order valence-corrected chi connectivity index (χ3v) is 3.57. The predicted molar refractivity (Wildman–Crippen MR) is 80.7 cm³/mol. The van der Waals surface area contributed by atoms with Gasteiger partial charge in [-0.2, -0.15) is 0 Å². The van der Waals surface area contributed by atoms with Crippen LogP contribution in [0.3, 0.4) is 0 Å². The van der Waals surface area contributed by atoms with Gasteiger partial charge in [0.25, 0.3) is 0 Å². The van der Waals surface area contributed by atoms with Crippen LogP contribution in [0.25, 0.3) is 0 Å². The number of nitrogens with one attached hydrogen (secondary N) is 1. The smallest absolute Gasteiger partial charge is 0.224 e. The summed E-state index contributed by atoms with van der Waals surface area (Å²) in [5.41, 5.74) is 1.15. The summed E-state index contributed by atoms with van der Waals surface area (Å²) >= 11 is 0. The molecule has 0 aromatic carbocycles. The zero-order valence-electron chi connectivity index (χ0n) is 12.6. The van der Waals surface area contributed by atoms with Gasteiger partial charge in [0.1, 0.15) is 5.82 Å². The molecule has 0 radical (unpaired) electrons. The maximum absolute atomic E-state index is 11.8. The summed E-state index contributed by atoms with van der Waals surface area (Å²) in [4.78, 5) is 20.1. The topological polar surface area (TPSA) is 48.5 Å². The molecule has 1 saturated heterocycles. The number of rotatable bonds is 6. The number of aromatic nitrogens is 1. The molecule has 2 rings (SSSR count). The molecular weight excluding hydrogens is 252 g/mol. The lowest BCUT2D eigenvalue weighted by molar-refractivity contribution is -0.127. The van der Waals surface area contributed by atoms with Crippen molar-refractivity contribution in [3.05, 3.63) is 23.9 Å². The van der Waals surface area contributed by atoms with Gasteiger partial charge in [-0.3, -0.25) is 4.79 Å². The summed E-state index contributed by atoms with van der Waals surface area (Å²) < 4.78 is 0. The number of carbonyl (C=O) groups is 1. The number of carbonyl (C=O) groups excluding carboxylic acids is 1. The van der Waals surface area contributed by atoms with Crippen molar-refractivity contribution in [3.8, 4) is 0 Å². The summed E-state index contributed by atoms with van der Waals surface area (Å²) in [6.45, 7) is 4.57. The number of likely N-dealkylation sites (tertiary alicyclic amines) is 1. The quantitative estimate of drug-likeness (QED) is 0.849. The lowest BCUT2D eigenvalue weighted by Crippen LogP contribution is -2.32. The molecule has 20 heavy (non-hydrogen) atoms. The van der Waals surface area contributed by atoms with Crippen LogP contribution in [-0.2, 0) is 11.3 Å². The molecule has 1 aromatic rings. The minimum Gasteiger partial charge on any atom is -0.363 e. The van der Waals surface area contributed by atoms with E-state index in [9.17, 15) is 4.79 Å². The summed E-state index contributed by atoms with van der Waals surface area (Å²) in [6, 6.07) is 4.36. The first-order valence-electron chi connectivity index (χ1n) is 7.23. The van der Waals surface area contributed by atoms with Gasteiger partial charge in [-0.1, -0.05) is 13.0 Å². The van der Waals surface area contributed by atoms with Crippen LogP contribution in [0.1, 0.15) is 25.3 Å². The van der Waals surface area contributed by atoms with E-state index in [-0.39, 0.29) is 11.9 Å². The van der Waals surface area contributed by atoms with Crippen molar-refractivity contribution in [2.75, 3.05) is 32.1 Å². The van der Waals surface area contributed by atoms with Gasteiger partial charge in [-0.05, 0) is 18.1 Å². The highest BCUT2D eigenvalue weighted by Gasteiger charge is 2.28. The molecule has 1 amide bonds. The molecule has 0 spiro atoms. The molecular formula is C15H24N4O. The third kappa shape index (κ3) is 3.70. The Balaban J connectivity index is 1.82. The Labute approximate surface area is 121 Å². The van der Waals surface area contributed by atoms with Crippen LogP contribution >= 0.6 is 0 Å². The summed E-state index contributed by atoms with van der Waals surface area (Å²) in [7, 11) is 3.96. The molecule has 5 heteroatoms. The highest BCUT2D eigenvalue weighted by atomic mass is 16.2. The zero-order valence-corrected chi connectivity index (χ0v) is 12.6. The molecule has 0 bridgehead atoms. The van der Waals surface area contributed by atoms with Gasteiger partial charge in [0.05, 0.1) is 0 Å². The molecule has 5 nitrogen and oxygen atoms in total. The van der Waals surface area contributed by atoms with Crippen molar-refractivity contribution in [1.82, 2.24) is 15.2 Å². The van der Waals surface area contributed by atoms with E-state index in [4.69, 9.17) is 0 Å². The van der Waals surface area contributed by atoms with Crippen LogP contribution in [-0.4, -0.2) is 49.0 Å². The van der Waals surface area contributed by atoms with Crippen LogP contribution < -0.4 is 10.2 Å². The molecule has 1 aromatic heterocycles. The second-order valence-corrected chi connectivity index (χ2v) is 5.54. The Kier molecular flexibility index (Phi) is 4.95. The summed E-state index contributed by atoms with van der Waals surface area (Å²) in [5, 5.41) is 3.45. The Morgan fingerprint density at radius 3 is 2.85 bits per heavy atom. The average molecular weight is 276 g/mol. The monoisotopic (exact) mass is 276 g/mol. The Morgan fingerprint density at radius 2 is 2.25 bits per heavy atom. The van der Waals surface area contributed by atoms with Gasteiger partial charge in [-0.15, -0.1) is 0 Å². The minimum atomic E-state index is 0.266. The maximum atomic E-state index is 11.8. The van der Waals surface area contributed by atoms with Crippen LogP contribution in [0.15, 0.2) is 18.3 Å². The second-order valence-electron chi connectivity index (χ2n) is 5.54. The standard InChI is InChI=1S/C15H24N4O/c1-4-7-19-11-13(8-15(19)20)16-9-12-5-6-14(17-10-12)18(2)3/h5-6,10,13,16H,4,7-9,11H2,1-3H3. The number of pyridine rings is 1. The Morgan fingerprint density at radius 1 is 1.45 bits per heavy atom. The second kappa shape index (κ2) is 6.70. The lowest BCUT2D eigenvalue weighted by atomic mass is 10.2. The van der Waals surface area contributed by atoms with Crippen molar-refractivity contribution in [3.63, 3.8) is 0 Å². The van der Waals surface area contributed by atoms with E-state index in [2.05, 4.69) is 23.3 Å². The summed E-state index contributed by atoms with van der Waals surface area (Å²) in [6.07, 6.45) is 3.53. The Hall–Kier alpha value is -1.62.